The van der Waals surface area contributed by atoms with Gasteiger partial charge in [-0.1, -0.05) is 20.8 Å². The first-order chi connectivity index (χ1) is 17.8. The molecule has 0 aromatic rings. The summed E-state index contributed by atoms with van der Waals surface area (Å²) in [7, 11) is 0. The lowest BCUT2D eigenvalue weighted by Crippen LogP contribution is -2.68. The zero-order valence-corrected chi connectivity index (χ0v) is 24.3. The molecule has 0 amide bonds. The van der Waals surface area contributed by atoms with E-state index in [1.807, 2.05) is 6.92 Å². The highest BCUT2D eigenvalue weighted by Crippen LogP contribution is 2.71. The molecule has 4 aliphatic carbocycles. The molecule has 1 spiro atoms. The minimum absolute atomic E-state index is 0.0210. The van der Waals surface area contributed by atoms with E-state index in [4.69, 9.17) is 14.2 Å². The van der Waals surface area contributed by atoms with Crippen LogP contribution in [-0.4, -0.2) is 52.4 Å². The lowest BCUT2D eigenvalue weighted by atomic mass is 9.43. The summed E-state index contributed by atoms with van der Waals surface area (Å²) in [6.07, 6.45) is 7.14. The summed E-state index contributed by atoms with van der Waals surface area (Å²) in [5, 5.41) is 23.9. The average molecular weight is 535 g/mol. The van der Waals surface area contributed by atoms with Gasteiger partial charge in [0.1, 0.15) is 12.2 Å². The van der Waals surface area contributed by atoms with E-state index in [9.17, 15) is 19.8 Å². The molecule has 1 saturated heterocycles. The Morgan fingerprint density at radius 3 is 2.34 bits per heavy atom. The molecule has 0 aromatic heterocycles. The standard InChI is InChI=1S/C31H50O7/c1-17(2)7-10-26-30(6,35)27-25(37-19(4)33)16-24-22-9-8-20-15-21(36-18(3)32)11-13-29(20,5)23(22)12-14-31(24,27)28(34)38-26/h17,20-28,34-35H,7-16H2,1-6H3/t20?,21-,22?,23?,24?,25?,26+,27+,28+,29-,30-,31+/m0/s1. The quantitative estimate of drug-likeness (QED) is 0.479. The van der Waals surface area contributed by atoms with Crippen LogP contribution in [0.15, 0.2) is 0 Å². The van der Waals surface area contributed by atoms with E-state index in [-0.39, 0.29) is 35.3 Å². The van der Waals surface area contributed by atoms with Gasteiger partial charge in [-0.05, 0) is 106 Å². The third-order valence-electron chi connectivity index (χ3n) is 11.9. The molecule has 0 radical (unpaired) electrons. The molecule has 1 aliphatic heterocycles. The molecule has 7 heteroatoms. The summed E-state index contributed by atoms with van der Waals surface area (Å²) in [6, 6.07) is 0. The van der Waals surface area contributed by atoms with Crippen molar-refractivity contribution >= 4 is 11.9 Å². The Morgan fingerprint density at radius 1 is 0.974 bits per heavy atom. The lowest BCUT2D eigenvalue weighted by molar-refractivity contribution is -0.340. The van der Waals surface area contributed by atoms with Gasteiger partial charge in [0.15, 0.2) is 6.29 Å². The first-order valence-corrected chi connectivity index (χ1v) is 15.2. The second kappa shape index (κ2) is 10.0. The summed E-state index contributed by atoms with van der Waals surface area (Å²) in [6.45, 7) is 11.6. The van der Waals surface area contributed by atoms with Crippen molar-refractivity contribution in [1.29, 1.82) is 0 Å². The van der Waals surface area contributed by atoms with Crippen molar-refractivity contribution in [3.63, 3.8) is 0 Å². The smallest absolute Gasteiger partial charge is 0.302 e. The zero-order valence-electron chi connectivity index (χ0n) is 24.3. The van der Waals surface area contributed by atoms with Crippen molar-refractivity contribution < 1.29 is 34.0 Å². The van der Waals surface area contributed by atoms with Gasteiger partial charge in [0.2, 0.25) is 0 Å². The fourth-order valence-electron chi connectivity index (χ4n) is 10.4. The minimum atomic E-state index is -1.20. The predicted molar refractivity (Wildman–Crippen MR) is 142 cm³/mol. The maximum absolute atomic E-state index is 12.3. The van der Waals surface area contributed by atoms with E-state index in [1.54, 1.807) is 0 Å². The van der Waals surface area contributed by atoms with E-state index in [0.29, 0.717) is 36.5 Å². The van der Waals surface area contributed by atoms with Crippen LogP contribution >= 0.6 is 0 Å². The molecular formula is C31H50O7. The highest BCUT2D eigenvalue weighted by molar-refractivity contribution is 5.66. The fourth-order valence-corrected chi connectivity index (χ4v) is 10.4. The molecule has 5 unspecified atom stereocenters. The van der Waals surface area contributed by atoms with Gasteiger partial charge in [0, 0.05) is 25.2 Å². The highest BCUT2D eigenvalue weighted by atomic mass is 16.6. The Balaban J connectivity index is 1.45. The SMILES string of the molecule is CC(=O)OC1CC2C3CCC4C[C@@H](OC(C)=O)CC[C@]4(C)C3CC[C@@]23[C@H](O)O[C@H](CCC(C)C)[C@](C)(O)[C@@H]13. The number of carbonyl (C=O) groups excluding carboxylic acids is 2. The van der Waals surface area contributed by atoms with Crippen molar-refractivity contribution in [2.75, 3.05) is 0 Å². The Bertz CT molecular complexity index is 916. The largest absolute Gasteiger partial charge is 0.463 e. The van der Waals surface area contributed by atoms with Gasteiger partial charge in [0.25, 0.3) is 0 Å². The van der Waals surface area contributed by atoms with Crippen LogP contribution in [-0.2, 0) is 23.8 Å². The topological polar surface area (TPSA) is 102 Å². The molecule has 5 rings (SSSR count). The minimum Gasteiger partial charge on any atom is -0.463 e. The second-order valence-corrected chi connectivity index (χ2v) is 14.3. The Kier molecular flexibility index (Phi) is 7.48. The Hall–Kier alpha value is -1.18. The molecule has 38 heavy (non-hydrogen) atoms. The number of rotatable bonds is 5. The van der Waals surface area contributed by atoms with Gasteiger partial charge < -0.3 is 24.4 Å². The van der Waals surface area contributed by atoms with Crippen molar-refractivity contribution in [3.8, 4) is 0 Å². The fraction of sp³-hybridized carbons (Fsp3) is 0.935. The van der Waals surface area contributed by atoms with Crippen LogP contribution in [0.1, 0.15) is 106 Å². The molecule has 4 saturated carbocycles. The molecule has 7 nitrogen and oxygen atoms in total. The number of esters is 2. The van der Waals surface area contributed by atoms with Crippen molar-refractivity contribution in [3.05, 3.63) is 0 Å². The van der Waals surface area contributed by atoms with Crippen molar-refractivity contribution in [2.45, 2.75) is 136 Å². The van der Waals surface area contributed by atoms with E-state index >= 15 is 0 Å². The number of carbonyl (C=O) groups is 2. The summed E-state index contributed by atoms with van der Waals surface area (Å²) >= 11 is 0. The molecule has 1 heterocycles. The number of ether oxygens (including phenoxy) is 3. The van der Waals surface area contributed by atoms with E-state index in [0.717, 1.165) is 51.4 Å². The monoisotopic (exact) mass is 534 g/mol. The zero-order chi connectivity index (χ0) is 27.6. The maximum atomic E-state index is 12.3. The number of aliphatic hydroxyl groups is 2. The molecule has 12 atom stereocenters. The molecular weight excluding hydrogens is 484 g/mol. The van der Waals surface area contributed by atoms with Gasteiger partial charge in [-0.25, -0.2) is 0 Å². The molecule has 2 N–H and O–H groups in total. The van der Waals surface area contributed by atoms with Gasteiger partial charge >= 0.3 is 11.9 Å². The van der Waals surface area contributed by atoms with E-state index in [1.165, 1.54) is 13.8 Å². The molecule has 5 aliphatic rings. The van der Waals surface area contributed by atoms with Crippen LogP contribution in [0.25, 0.3) is 0 Å². The summed E-state index contributed by atoms with van der Waals surface area (Å²) in [4.78, 5) is 23.9. The van der Waals surface area contributed by atoms with Crippen molar-refractivity contribution in [2.24, 2.45) is 46.3 Å². The Labute approximate surface area is 228 Å². The third kappa shape index (κ3) is 4.43. The van der Waals surface area contributed by atoms with Crippen LogP contribution < -0.4 is 0 Å². The molecule has 0 aromatic carbocycles. The van der Waals surface area contributed by atoms with Crippen LogP contribution in [0, 0.1) is 46.3 Å². The number of hydrogen-bond acceptors (Lipinski definition) is 7. The van der Waals surface area contributed by atoms with Gasteiger partial charge in [0.05, 0.1) is 11.7 Å². The lowest BCUT2D eigenvalue weighted by Gasteiger charge is -2.64. The van der Waals surface area contributed by atoms with Gasteiger partial charge in [-0.15, -0.1) is 0 Å². The van der Waals surface area contributed by atoms with Crippen LogP contribution in [0.3, 0.4) is 0 Å². The highest BCUT2D eigenvalue weighted by Gasteiger charge is 2.73. The molecule has 0 bridgehead atoms. The van der Waals surface area contributed by atoms with Crippen LogP contribution in [0.4, 0.5) is 0 Å². The van der Waals surface area contributed by atoms with Gasteiger partial charge in [-0.3, -0.25) is 9.59 Å². The summed E-state index contributed by atoms with van der Waals surface area (Å²) in [5.41, 5.74) is -1.64. The summed E-state index contributed by atoms with van der Waals surface area (Å²) in [5.74, 6) is 1.14. The number of aliphatic hydroxyl groups excluding tert-OH is 1. The second-order valence-electron chi connectivity index (χ2n) is 14.3. The third-order valence-corrected chi connectivity index (χ3v) is 11.9. The van der Waals surface area contributed by atoms with Gasteiger partial charge in [-0.2, -0.15) is 0 Å². The predicted octanol–water partition coefficient (Wildman–Crippen LogP) is 5.00. The van der Waals surface area contributed by atoms with Crippen LogP contribution in [0.2, 0.25) is 0 Å². The number of fused-ring (bicyclic) bond motifs is 4. The van der Waals surface area contributed by atoms with E-state index < -0.39 is 29.5 Å². The molecule has 216 valence electrons. The summed E-state index contributed by atoms with van der Waals surface area (Å²) < 4.78 is 18.0. The van der Waals surface area contributed by atoms with Crippen molar-refractivity contribution in [1.82, 2.24) is 0 Å². The maximum Gasteiger partial charge on any atom is 0.302 e. The van der Waals surface area contributed by atoms with E-state index in [2.05, 4.69) is 20.8 Å². The van der Waals surface area contributed by atoms with Crippen LogP contribution in [0.5, 0.6) is 0 Å². The normalized spacial score (nSPS) is 49.9. The Morgan fingerprint density at radius 2 is 1.68 bits per heavy atom. The first-order valence-electron chi connectivity index (χ1n) is 15.2. The first kappa shape index (κ1) is 28.4. The molecule has 5 fully saturated rings. The average Bonchev–Trinajstić information content (AvgIpc) is 3.16. The number of hydrogen-bond donors (Lipinski definition) is 2.